The zero-order chi connectivity index (χ0) is 20.0. The van der Waals surface area contributed by atoms with Crippen molar-refractivity contribution < 1.29 is 4.79 Å². The van der Waals surface area contributed by atoms with Gasteiger partial charge >= 0.3 is 0 Å². The van der Waals surface area contributed by atoms with E-state index in [4.69, 9.17) is 0 Å². The molecule has 5 aliphatic carbocycles. The number of rotatable bonds is 4. The number of nitriles is 1. The molecule has 0 aromatic carbocycles. The average molecular weight is 412 g/mol. The Balaban J connectivity index is 1.29. The van der Waals surface area contributed by atoms with Crippen LogP contribution < -0.4 is 5.32 Å². The van der Waals surface area contributed by atoms with E-state index in [-0.39, 0.29) is 11.4 Å². The number of hydrogen-bond donors (Lipinski definition) is 1. The van der Waals surface area contributed by atoms with Crippen molar-refractivity contribution in [3.05, 3.63) is 16.0 Å². The van der Waals surface area contributed by atoms with Crippen LogP contribution in [-0.2, 0) is 17.6 Å². The summed E-state index contributed by atoms with van der Waals surface area (Å²) in [5, 5.41) is 13.7. The Morgan fingerprint density at radius 3 is 2.34 bits per heavy atom. The van der Waals surface area contributed by atoms with Crippen LogP contribution in [0.15, 0.2) is 0 Å². The van der Waals surface area contributed by atoms with Gasteiger partial charge in [0.25, 0.3) is 0 Å². The van der Waals surface area contributed by atoms with Crippen molar-refractivity contribution in [2.75, 3.05) is 18.9 Å². The third-order valence-corrected chi connectivity index (χ3v) is 9.44. The van der Waals surface area contributed by atoms with Gasteiger partial charge in [-0.15, -0.1) is 11.3 Å². The Morgan fingerprint density at radius 1 is 1.10 bits per heavy atom. The van der Waals surface area contributed by atoms with Gasteiger partial charge in [0.1, 0.15) is 11.1 Å². The van der Waals surface area contributed by atoms with E-state index in [9.17, 15) is 10.1 Å². The summed E-state index contributed by atoms with van der Waals surface area (Å²) in [6, 6.07) is 2.40. The second-order valence-corrected chi connectivity index (χ2v) is 11.4. The number of fused-ring (bicyclic) bond motifs is 1. The van der Waals surface area contributed by atoms with Crippen molar-refractivity contribution in [1.82, 2.24) is 4.90 Å². The molecule has 1 heterocycles. The summed E-state index contributed by atoms with van der Waals surface area (Å²) in [5.41, 5.74) is 2.19. The molecule has 0 atom stereocenters. The predicted molar refractivity (Wildman–Crippen MR) is 117 cm³/mol. The third kappa shape index (κ3) is 3.64. The molecule has 0 saturated heterocycles. The van der Waals surface area contributed by atoms with Crippen molar-refractivity contribution in [3.8, 4) is 6.07 Å². The number of hydrogen-bond acceptors (Lipinski definition) is 4. The van der Waals surface area contributed by atoms with Crippen LogP contribution in [-0.4, -0.2) is 29.9 Å². The molecule has 4 bridgehead atoms. The van der Waals surface area contributed by atoms with E-state index in [1.807, 2.05) is 0 Å². The third-order valence-electron chi connectivity index (χ3n) is 8.23. The van der Waals surface area contributed by atoms with Gasteiger partial charge in [-0.05, 0) is 94.6 Å². The molecule has 1 aromatic rings. The van der Waals surface area contributed by atoms with Gasteiger partial charge in [-0.1, -0.05) is 12.8 Å². The molecular weight excluding hydrogens is 378 g/mol. The molecule has 4 saturated carbocycles. The molecule has 0 aliphatic heterocycles. The van der Waals surface area contributed by atoms with Crippen LogP contribution in [0.2, 0.25) is 0 Å². The van der Waals surface area contributed by atoms with Gasteiger partial charge in [-0.2, -0.15) is 5.26 Å². The molecule has 1 N–H and O–H groups in total. The number of amides is 1. The van der Waals surface area contributed by atoms with Gasteiger partial charge in [0.15, 0.2) is 0 Å². The number of thiophene rings is 1. The molecule has 5 heteroatoms. The highest BCUT2D eigenvalue weighted by Crippen LogP contribution is 2.57. The van der Waals surface area contributed by atoms with Crippen LogP contribution in [0.25, 0.3) is 0 Å². The zero-order valence-corrected chi connectivity index (χ0v) is 18.5. The Hall–Kier alpha value is -1.38. The smallest absolute Gasteiger partial charge is 0.239 e. The lowest BCUT2D eigenvalue weighted by Gasteiger charge is -2.59. The highest BCUT2D eigenvalue weighted by molar-refractivity contribution is 7.16. The molecule has 4 fully saturated rings. The zero-order valence-electron chi connectivity index (χ0n) is 17.6. The summed E-state index contributed by atoms with van der Waals surface area (Å²) in [7, 11) is 2.16. The number of nitrogens with zero attached hydrogens (tertiary/aromatic N) is 2. The van der Waals surface area contributed by atoms with Crippen LogP contribution in [0.4, 0.5) is 5.00 Å². The predicted octanol–water partition coefficient (Wildman–Crippen LogP) is 5.12. The summed E-state index contributed by atoms with van der Waals surface area (Å²) < 4.78 is 0. The standard InChI is InChI=1S/C24H33N3OS/c1-27(24-11-16-8-17(12-24)10-18(9-16)13-24)15-22(28)26-23-20(14-25)19-6-4-2-3-5-7-21(19)29-23/h16-18H,2-13,15H2,1H3,(H,26,28). The second kappa shape index (κ2) is 7.71. The Kier molecular flexibility index (Phi) is 5.20. The molecule has 1 amide bonds. The van der Waals surface area contributed by atoms with Gasteiger partial charge in [0.05, 0.1) is 12.1 Å². The molecule has 156 valence electrons. The lowest BCUT2D eigenvalue weighted by Crippen LogP contribution is -2.59. The molecule has 5 aliphatic rings. The van der Waals surface area contributed by atoms with Crippen LogP contribution in [0.5, 0.6) is 0 Å². The molecule has 6 rings (SSSR count). The van der Waals surface area contributed by atoms with Gasteiger partial charge in [0.2, 0.25) is 5.91 Å². The number of aryl methyl sites for hydroxylation is 1. The first-order valence-electron chi connectivity index (χ1n) is 11.6. The minimum atomic E-state index is 0.0500. The number of carbonyl (C=O) groups is 1. The molecule has 1 aromatic heterocycles. The fraction of sp³-hybridized carbons (Fsp3) is 0.750. The Labute approximate surface area is 178 Å². The number of carbonyl (C=O) groups excluding carboxylic acids is 1. The normalized spacial score (nSPS) is 33.1. The van der Waals surface area contributed by atoms with Crippen molar-refractivity contribution in [2.24, 2.45) is 17.8 Å². The maximum absolute atomic E-state index is 13.0. The van der Waals surface area contributed by atoms with Crippen LogP contribution in [0.1, 0.15) is 80.2 Å². The lowest BCUT2D eigenvalue weighted by molar-refractivity contribution is -0.123. The summed E-state index contributed by atoms with van der Waals surface area (Å²) >= 11 is 1.65. The van der Waals surface area contributed by atoms with E-state index in [1.165, 1.54) is 68.2 Å². The van der Waals surface area contributed by atoms with Gasteiger partial charge in [-0.25, -0.2) is 0 Å². The van der Waals surface area contributed by atoms with E-state index in [0.717, 1.165) is 47.6 Å². The van der Waals surface area contributed by atoms with Crippen molar-refractivity contribution >= 4 is 22.2 Å². The average Bonchev–Trinajstić information content (AvgIpc) is 2.95. The summed E-state index contributed by atoms with van der Waals surface area (Å²) in [5.74, 6) is 2.70. The summed E-state index contributed by atoms with van der Waals surface area (Å²) in [4.78, 5) is 16.7. The maximum Gasteiger partial charge on any atom is 0.239 e. The molecule has 29 heavy (non-hydrogen) atoms. The molecule has 0 radical (unpaired) electrons. The summed E-state index contributed by atoms with van der Waals surface area (Å²) in [6.07, 6.45) is 15.0. The monoisotopic (exact) mass is 411 g/mol. The van der Waals surface area contributed by atoms with Gasteiger partial charge < -0.3 is 5.32 Å². The van der Waals surface area contributed by atoms with Crippen molar-refractivity contribution in [1.29, 1.82) is 5.26 Å². The SMILES string of the molecule is CN(CC(=O)Nc1sc2c(c1C#N)CCCCCC2)C12CC3CC(CC(C3)C1)C2. The fourth-order valence-electron chi connectivity index (χ4n) is 7.21. The largest absolute Gasteiger partial charge is 0.315 e. The van der Waals surface area contributed by atoms with E-state index in [0.29, 0.717) is 6.54 Å². The van der Waals surface area contributed by atoms with E-state index >= 15 is 0 Å². The quantitative estimate of drug-likeness (QED) is 0.748. The van der Waals surface area contributed by atoms with Crippen LogP contribution in [0.3, 0.4) is 0 Å². The minimum absolute atomic E-state index is 0.0500. The fourth-order valence-corrected chi connectivity index (χ4v) is 8.46. The molecule has 0 spiro atoms. The maximum atomic E-state index is 13.0. The first kappa shape index (κ1) is 19.6. The van der Waals surface area contributed by atoms with Crippen LogP contribution >= 0.6 is 11.3 Å². The highest BCUT2D eigenvalue weighted by Gasteiger charge is 2.52. The van der Waals surface area contributed by atoms with E-state index < -0.39 is 0 Å². The summed E-state index contributed by atoms with van der Waals surface area (Å²) in [6.45, 7) is 0.444. The van der Waals surface area contributed by atoms with Crippen molar-refractivity contribution in [3.63, 3.8) is 0 Å². The highest BCUT2D eigenvalue weighted by atomic mass is 32.1. The molecule has 4 nitrogen and oxygen atoms in total. The van der Waals surface area contributed by atoms with Gasteiger partial charge in [0, 0.05) is 10.4 Å². The van der Waals surface area contributed by atoms with Crippen molar-refractivity contribution in [2.45, 2.75) is 82.6 Å². The topological polar surface area (TPSA) is 56.1 Å². The van der Waals surface area contributed by atoms with E-state index in [1.54, 1.807) is 11.3 Å². The Bertz CT molecular complexity index is 801. The number of anilines is 1. The van der Waals surface area contributed by atoms with Gasteiger partial charge in [-0.3, -0.25) is 9.69 Å². The first-order chi connectivity index (χ1) is 14.1. The second-order valence-electron chi connectivity index (χ2n) is 10.3. The molecular formula is C24H33N3OS. The minimum Gasteiger partial charge on any atom is -0.315 e. The van der Waals surface area contributed by atoms with E-state index in [2.05, 4.69) is 23.3 Å². The number of likely N-dealkylation sites (N-methyl/N-ethyl adjacent to an activating group) is 1. The van der Waals surface area contributed by atoms with Crippen LogP contribution in [0, 0.1) is 29.1 Å². The Morgan fingerprint density at radius 2 is 1.72 bits per heavy atom. The lowest BCUT2D eigenvalue weighted by atomic mass is 9.52. The number of nitrogens with one attached hydrogen (secondary N) is 1. The molecule has 0 unspecified atom stereocenters. The first-order valence-corrected chi connectivity index (χ1v) is 12.4.